The highest BCUT2D eigenvalue weighted by Crippen LogP contribution is 2.62. The van der Waals surface area contributed by atoms with Crippen molar-refractivity contribution in [2.45, 2.75) is 76.2 Å². The van der Waals surface area contributed by atoms with Gasteiger partial charge in [0.05, 0.1) is 31.4 Å². The minimum Gasteiger partial charge on any atom is -0.459 e. The Labute approximate surface area is 364 Å². The number of rotatable bonds is 18. The smallest absolute Gasteiger partial charge is 0.410 e. The van der Waals surface area contributed by atoms with Crippen molar-refractivity contribution in [2.75, 3.05) is 33.5 Å². The SMILES string of the molecule is C=CCO[C@@]12Oc3ccc(Oc4ccc5ccccc5c4)cc3[C@H]3[C@H](CCCCO)[C@@H](CCCCO)C=C(C(=NOC)C[C@@H]1N(Cc1cccc4ccccc14)C(=O)OCC)[C@H]32. The van der Waals surface area contributed by atoms with E-state index in [0.29, 0.717) is 30.1 Å². The number of aliphatic hydroxyl groups is 2. The number of fused-ring (bicyclic) bond motifs is 4. The van der Waals surface area contributed by atoms with Gasteiger partial charge in [0.1, 0.15) is 30.4 Å². The van der Waals surface area contributed by atoms with Gasteiger partial charge in [-0.15, -0.1) is 6.58 Å². The summed E-state index contributed by atoms with van der Waals surface area (Å²) < 4.78 is 27.1. The molecule has 2 N–H and O–H groups in total. The van der Waals surface area contributed by atoms with Crippen LogP contribution in [0.1, 0.15) is 68.9 Å². The summed E-state index contributed by atoms with van der Waals surface area (Å²) >= 11 is 0. The van der Waals surface area contributed by atoms with Crippen LogP contribution in [0.4, 0.5) is 4.79 Å². The first-order valence-corrected chi connectivity index (χ1v) is 22.1. The van der Waals surface area contributed by atoms with Gasteiger partial charge in [0.25, 0.3) is 0 Å². The molecule has 8 rings (SSSR count). The number of allylic oxidation sites excluding steroid dienone is 1. The van der Waals surface area contributed by atoms with E-state index in [1.54, 1.807) is 18.1 Å². The average molecular weight is 839 g/mol. The first-order valence-electron chi connectivity index (χ1n) is 22.1. The molecule has 0 aromatic heterocycles. The standard InChI is InChI=1S/C52H58N2O8/c1-4-29-60-52-48(54(51(57)59-5-2)34-39-20-14-19-36-16-8-9-21-42(36)39)33-46(53-58-3)44-31-38(18-10-12-27-55)43(22-11-13-28-56)49(50(44)52)45-32-41(25-26-47(45)62-52)61-40-24-23-35-15-6-7-17-37(35)30-40/h4,6-9,14-17,19-21,23-26,30-32,38,43,48-50,55-56H,1,5,10-13,18,22,27-29,33-34H2,2-3H3/t38-,43+,48-,49+,50+,52+/m0/s1. The lowest BCUT2D eigenvalue weighted by molar-refractivity contribution is -0.256. The highest BCUT2D eigenvalue weighted by molar-refractivity contribution is 6.03. The number of oxime groups is 1. The van der Waals surface area contributed by atoms with Crippen LogP contribution in [0.5, 0.6) is 17.2 Å². The van der Waals surface area contributed by atoms with E-state index < -0.39 is 23.8 Å². The molecule has 10 heteroatoms. The molecule has 5 aromatic rings. The predicted molar refractivity (Wildman–Crippen MR) is 243 cm³/mol. The summed E-state index contributed by atoms with van der Waals surface area (Å²) in [5.41, 5.74) is 3.62. The molecule has 1 amide bonds. The topological polar surface area (TPSA) is 119 Å². The van der Waals surface area contributed by atoms with Crippen LogP contribution in [-0.4, -0.2) is 72.3 Å². The highest BCUT2D eigenvalue weighted by Gasteiger charge is 2.65. The van der Waals surface area contributed by atoms with Gasteiger partial charge in [-0.3, -0.25) is 4.90 Å². The molecule has 2 aliphatic carbocycles. The van der Waals surface area contributed by atoms with E-state index in [9.17, 15) is 15.0 Å². The molecule has 5 aromatic carbocycles. The summed E-state index contributed by atoms with van der Waals surface area (Å²) in [6.45, 7) is 6.65. The first-order chi connectivity index (χ1) is 30.4. The maximum atomic E-state index is 14.6. The summed E-state index contributed by atoms with van der Waals surface area (Å²) in [6, 6.07) is 33.9. The van der Waals surface area contributed by atoms with Crippen LogP contribution in [-0.2, 0) is 20.9 Å². The maximum absolute atomic E-state index is 14.6. The third-order valence-electron chi connectivity index (χ3n) is 12.9. The van der Waals surface area contributed by atoms with Gasteiger partial charge < -0.3 is 34.0 Å². The van der Waals surface area contributed by atoms with E-state index in [2.05, 4.69) is 67.3 Å². The summed E-state index contributed by atoms with van der Waals surface area (Å²) in [5.74, 6) is 0.121. The fourth-order valence-electron chi connectivity index (χ4n) is 10.3. The second-order valence-electron chi connectivity index (χ2n) is 16.5. The van der Waals surface area contributed by atoms with Crippen LogP contribution in [0.2, 0.25) is 0 Å². The molecule has 1 fully saturated rings. The van der Waals surface area contributed by atoms with Crippen molar-refractivity contribution in [1.82, 2.24) is 4.90 Å². The molecule has 6 atom stereocenters. The zero-order valence-corrected chi connectivity index (χ0v) is 35.8. The van der Waals surface area contributed by atoms with E-state index >= 15 is 0 Å². The molecule has 10 nitrogen and oxygen atoms in total. The number of unbranched alkanes of at least 4 members (excludes halogenated alkanes) is 2. The number of amides is 1. The van der Waals surface area contributed by atoms with Crippen molar-refractivity contribution in [3.63, 3.8) is 0 Å². The Hall–Kier alpha value is -5.68. The molecule has 62 heavy (non-hydrogen) atoms. The molecular weight excluding hydrogens is 781 g/mol. The van der Waals surface area contributed by atoms with Gasteiger partial charge in [-0.1, -0.05) is 103 Å². The molecule has 3 aliphatic rings. The summed E-state index contributed by atoms with van der Waals surface area (Å²) in [7, 11) is 1.55. The Morgan fingerprint density at radius 1 is 0.887 bits per heavy atom. The fourth-order valence-corrected chi connectivity index (χ4v) is 10.3. The maximum Gasteiger partial charge on any atom is 0.410 e. The van der Waals surface area contributed by atoms with E-state index in [1.807, 2.05) is 55.5 Å². The Balaban J connectivity index is 1.33. The molecule has 0 saturated heterocycles. The Bertz CT molecular complexity index is 2420. The molecule has 0 unspecified atom stereocenters. The minimum atomic E-state index is -1.42. The molecule has 324 valence electrons. The number of nitrogens with zero attached hydrogens (tertiary/aromatic N) is 2. The number of ether oxygens (including phenoxy) is 4. The van der Waals surface area contributed by atoms with Crippen molar-refractivity contribution >= 4 is 33.3 Å². The number of carbonyl (C=O) groups is 1. The van der Waals surface area contributed by atoms with Crippen molar-refractivity contribution in [2.24, 2.45) is 22.9 Å². The lowest BCUT2D eigenvalue weighted by Gasteiger charge is -2.59. The quantitative estimate of drug-likeness (QED) is 0.0509. The van der Waals surface area contributed by atoms with E-state index in [0.717, 1.165) is 69.7 Å². The summed E-state index contributed by atoms with van der Waals surface area (Å²) in [4.78, 5) is 22.0. The van der Waals surface area contributed by atoms with Gasteiger partial charge >= 0.3 is 6.09 Å². The van der Waals surface area contributed by atoms with Gasteiger partial charge in [0.2, 0.25) is 5.79 Å². The largest absolute Gasteiger partial charge is 0.459 e. The Kier molecular flexibility index (Phi) is 13.6. The zero-order chi connectivity index (χ0) is 43.1. The number of benzene rings is 5. The predicted octanol–water partition coefficient (Wildman–Crippen LogP) is 10.7. The normalized spacial score (nSPS) is 23.2. The van der Waals surface area contributed by atoms with Crippen LogP contribution in [0.15, 0.2) is 133 Å². The lowest BCUT2D eigenvalue weighted by atomic mass is 9.55. The average Bonchev–Trinajstić information content (AvgIpc) is 3.29. The second-order valence-corrected chi connectivity index (χ2v) is 16.5. The zero-order valence-electron chi connectivity index (χ0n) is 35.8. The van der Waals surface area contributed by atoms with Crippen LogP contribution in [0.3, 0.4) is 0 Å². The summed E-state index contributed by atoms with van der Waals surface area (Å²) in [5, 5.41) is 29.0. The van der Waals surface area contributed by atoms with Crippen LogP contribution in [0.25, 0.3) is 21.5 Å². The lowest BCUT2D eigenvalue weighted by Crippen LogP contribution is -2.70. The molecule has 0 bridgehead atoms. The molecule has 1 heterocycles. The number of aliphatic hydroxyl groups excluding tert-OH is 2. The van der Waals surface area contributed by atoms with Crippen molar-refractivity contribution in [3.05, 3.63) is 139 Å². The third kappa shape index (κ3) is 8.56. The minimum absolute atomic E-state index is 0.0657. The second kappa shape index (κ2) is 19.6. The molecular formula is C52H58N2O8. The van der Waals surface area contributed by atoms with Crippen LogP contribution < -0.4 is 9.47 Å². The van der Waals surface area contributed by atoms with Gasteiger partial charge in [-0.05, 0) is 107 Å². The van der Waals surface area contributed by atoms with Gasteiger partial charge in [0, 0.05) is 31.1 Å². The van der Waals surface area contributed by atoms with Gasteiger partial charge in [-0.25, -0.2) is 4.79 Å². The Morgan fingerprint density at radius 3 is 2.39 bits per heavy atom. The molecule has 0 spiro atoms. The Morgan fingerprint density at radius 2 is 1.61 bits per heavy atom. The summed E-state index contributed by atoms with van der Waals surface area (Å²) in [6.07, 6.45) is 8.52. The number of hydrogen-bond acceptors (Lipinski definition) is 9. The highest BCUT2D eigenvalue weighted by atomic mass is 16.7. The van der Waals surface area contributed by atoms with Crippen molar-refractivity contribution in [3.8, 4) is 17.2 Å². The van der Waals surface area contributed by atoms with Crippen molar-refractivity contribution in [1.29, 1.82) is 0 Å². The van der Waals surface area contributed by atoms with E-state index in [-0.39, 0.29) is 57.1 Å². The first kappa shape index (κ1) is 43.0. The molecule has 1 aliphatic heterocycles. The number of carbonyl (C=O) groups excluding carboxylic acids is 1. The van der Waals surface area contributed by atoms with E-state index in [1.165, 1.54) is 0 Å². The van der Waals surface area contributed by atoms with E-state index in [4.69, 9.17) is 28.9 Å². The molecule has 1 saturated carbocycles. The monoisotopic (exact) mass is 838 g/mol. The van der Waals surface area contributed by atoms with Gasteiger partial charge in [-0.2, -0.15) is 0 Å². The fraction of sp³-hybridized carbons (Fsp3) is 0.385. The molecule has 0 radical (unpaired) electrons. The van der Waals surface area contributed by atoms with Crippen molar-refractivity contribution < 1.29 is 38.8 Å². The number of hydrogen-bond donors (Lipinski definition) is 2. The van der Waals surface area contributed by atoms with Crippen LogP contribution >= 0.6 is 0 Å². The van der Waals surface area contributed by atoms with Gasteiger partial charge in [0.15, 0.2) is 0 Å². The van der Waals surface area contributed by atoms with Crippen LogP contribution in [0, 0.1) is 17.8 Å². The third-order valence-corrected chi connectivity index (χ3v) is 12.9.